The Kier molecular flexibility index (Phi) is 4.08. The van der Waals surface area contributed by atoms with E-state index < -0.39 is 5.82 Å². The molecule has 0 radical (unpaired) electrons. The third kappa shape index (κ3) is 3.04. The number of piperazine rings is 1. The van der Waals surface area contributed by atoms with Gasteiger partial charge in [0.1, 0.15) is 5.82 Å². The summed E-state index contributed by atoms with van der Waals surface area (Å²) < 4.78 is 14.4. The predicted octanol–water partition coefficient (Wildman–Crippen LogP) is 2.76. The van der Waals surface area contributed by atoms with Crippen LogP contribution in [0.2, 0.25) is 0 Å². The highest BCUT2D eigenvalue weighted by Gasteiger charge is 2.29. The molecule has 1 aromatic carbocycles. The highest BCUT2D eigenvalue weighted by Crippen LogP contribution is 2.30. The lowest BCUT2D eigenvalue weighted by molar-refractivity contribution is 0.0626. The van der Waals surface area contributed by atoms with Crippen molar-refractivity contribution in [3.05, 3.63) is 34.1 Å². The van der Waals surface area contributed by atoms with Crippen molar-refractivity contribution in [3.63, 3.8) is 0 Å². The van der Waals surface area contributed by atoms with Crippen LogP contribution in [0.3, 0.4) is 0 Å². The van der Waals surface area contributed by atoms with Crippen LogP contribution >= 0.6 is 15.9 Å². The van der Waals surface area contributed by atoms with Gasteiger partial charge >= 0.3 is 0 Å². The summed E-state index contributed by atoms with van der Waals surface area (Å²) in [6.45, 7) is 4.33. The molecule has 108 valence electrons. The Hall–Kier alpha value is -0.940. The van der Waals surface area contributed by atoms with Crippen molar-refractivity contribution in [2.24, 2.45) is 5.92 Å². The van der Waals surface area contributed by atoms with E-state index in [2.05, 4.69) is 20.8 Å². The molecule has 1 amide bonds. The zero-order valence-electron chi connectivity index (χ0n) is 11.3. The summed E-state index contributed by atoms with van der Waals surface area (Å²) in [4.78, 5) is 16.6. The fourth-order valence-corrected chi connectivity index (χ4v) is 3.17. The quantitative estimate of drug-likeness (QED) is 0.844. The van der Waals surface area contributed by atoms with Crippen LogP contribution in [0.25, 0.3) is 0 Å². The summed E-state index contributed by atoms with van der Waals surface area (Å²) >= 11 is 3.27. The summed E-state index contributed by atoms with van der Waals surface area (Å²) in [5.74, 6) is 0.212. The van der Waals surface area contributed by atoms with Crippen molar-refractivity contribution in [2.75, 3.05) is 32.7 Å². The van der Waals surface area contributed by atoms with E-state index in [1.165, 1.54) is 18.9 Å². The van der Waals surface area contributed by atoms with Crippen LogP contribution in [-0.2, 0) is 0 Å². The van der Waals surface area contributed by atoms with E-state index >= 15 is 0 Å². The lowest BCUT2D eigenvalue weighted by atomic mass is 10.1. The molecule has 3 nitrogen and oxygen atoms in total. The van der Waals surface area contributed by atoms with E-state index in [0.29, 0.717) is 17.6 Å². The molecule has 0 aromatic heterocycles. The molecule has 1 aromatic rings. The van der Waals surface area contributed by atoms with Crippen LogP contribution in [0.1, 0.15) is 23.2 Å². The first-order valence-corrected chi connectivity index (χ1v) is 7.90. The fraction of sp³-hybridized carbons (Fsp3) is 0.533. The lowest BCUT2D eigenvalue weighted by Gasteiger charge is -2.35. The Labute approximate surface area is 126 Å². The van der Waals surface area contributed by atoms with Crippen LogP contribution in [0.4, 0.5) is 4.39 Å². The smallest absolute Gasteiger partial charge is 0.258 e. The lowest BCUT2D eigenvalue weighted by Crippen LogP contribution is -2.49. The van der Waals surface area contributed by atoms with Crippen molar-refractivity contribution in [1.82, 2.24) is 9.80 Å². The van der Waals surface area contributed by atoms with Gasteiger partial charge in [-0.2, -0.15) is 0 Å². The Balaban J connectivity index is 1.63. The van der Waals surface area contributed by atoms with Gasteiger partial charge in [0.15, 0.2) is 0 Å². The molecule has 1 saturated carbocycles. The second-order valence-corrected chi connectivity index (χ2v) is 6.49. The first kappa shape index (κ1) is 14.0. The number of hydrogen-bond acceptors (Lipinski definition) is 2. The molecular formula is C15H18BrFN2O. The monoisotopic (exact) mass is 340 g/mol. The van der Waals surface area contributed by atoms with Crippen molar-refractivity contribution >= 4 is 21.8 Å². The largest absolute Gasteiger partial charge is 0.336 e. The van der Waals surface area contributed by atoms with Crippen molar-refractivity contribution in [2.45, 2.75) is 12.8 Å². The minimum atomic E-state index is -0.454. The van der Waals surface area contributed by atoms with E-state index in [1.807, 2.05) is 0 Å². The first-order chi connectivity index (χ1) is 9.65. The van der Waals surface area contributed by atoms with Crippen LogP contribution < -0.4 is 0 Å². The maximum Gasteiger partial charge on any atom is 0.258 e. The average Bonchev–Trinajstić information content (AvgIpc) is 3.23. The number of nitrogens with zero attached hydrogens (tertiary/aromatic N) is 2. The molecule has 1 aliphatic carbocycles. The highest BCUT2D eigenvalue weighted by atomic mass is 79.9. The van der Waals surface area contributed by atoms with Gasteiger partial charge in [-0.15, -0.1) is 0 Å². The molecule has 2 fully saturated rings. The number of amides is 1. The van der Waals surface area contributed by atoms with Crippen LogP contribution in [0.5, 0.6) is 0 Å². The third-order valence-electron chi connectivity index (χ3n) is 4.05. The summed E-state index contributed by atoms with van der Waals surface area (Å²) in [6.07, 6.45) is 2.70. The van der Waals surface area contributed by atoms with Crippen molar-refractivity contribution in [3.8, 4) is 0 Å². The molecule has 1 aliphatic heterocycles. The minimum Gasteiger partial charge on any atom is -0.336 e. The van der Waals surface area contributed by atoms with Gasteiger partial charge in [0, 0.05) is 37.2 Å². The molecule has 1 saturated heterocycles. The Morgan fingerprint density at radius 1 is 1.25 bits per heavy atom. The summed E-state index contributed by atoms with van der Waals surface area (Å²) in [5.41, 5.74) is 0.156. The Morgan fingerprint density at radius 2 is 1.95 bits per heavy atom. The zero-order chi connectivity index (χ0) is 14.1. The van der Waals surface area contributed by atoms with Gasteiger partial charge in [-0.05, 0) is 46.8 Å². The van der Waals surface area contributed by atoms with E-state index in [0.717, 1.165) is 25.6 Å². The first-order valence-electron chi connectivity index (χ1n) is 7.11. The van der Waals surface area contributed by atoms with Crippen molar-refractivity contribution < 1.29 is 9.18 Å². The van der Waals surface area contributed by atoms with E-state index in [-0.39, 0.29) is 11.5 Å². The molecule has 20 heavy (non-hydrogen) atoms. The normalized spacial score (nSPS) is 20.2. The number of hydrogen-bond donors (Lipinski definition) is 0. The van der Waals surface area contributed by atoms with Gasteiger partial charge in [-0.3, -0.25) is 9.69 Å². The number of benzene rings is 1. The molecule has 1 heterocycles. The Morgan fingerprint density at radius 3 is 2.55 bits per heavy atom. The summed E-state index contributed by atoms with van der Waals surface area (Å²) in [6, 6.07) is 4.64. The number of carbonyl (C=O) groups excluding carboxylic acids is 1. The van der Waals surface area contributed by atoms with Gasteiger partial charge in [-0.25, -0.2) is 4.39 Å². The van der Waals surface area contributed by atoms with E-state index in [1.54, 1.807) is 17.0 Å². The van der Waals surface area contributed by atoms with E-state index in [4.69, 9.17) is 0 Å². The van der Waals surface area contributed by atoms with Gasteiger partial charge in [0.05, 0.1) is 5.56 Å². The van der Waals surface area contributed by atoms with Crippen molar-refractivity contribution in [1.29, 1.82) is 0 Å². The molecule has 0 atom stereocenters. The fourth-order valence-electron chi connectivity index (χ4n) is 2.66. The third-order valence-corrected chi connectivity index (χ3v) is 4.71. The summed E-state index contributed by atoms with van der Waals surface area (Å²) in [5, 5.41) is 0. The molecule has 5 heteroatoms. The molecule has 0 bridgehead atoms. The number of carbonyl (C=O) groups is 1. The Bertz CT molecular complexity index is 490. The highest BCUT2D eigenvalue weighted by molar-refractivity contribution is 9.10. The second-order valence-electron chi connectivity index (χ2n) is 5.63. The molecule has 0 spiro atoms. The predicted molar refractivity (Wildman–Crippen MR) is 79.2 cm³/mol. The standard InChI is InChI=1S/C15H18BrFN2O/c16-12-2-1-3-13(17)14(12)15(20)19-8-6-18(7-9-19)10-11-4-5-11/h1-3,11H,4-10H2. The number of halogens is 2. The minimum absolute atomic E-state index is 0.156. The van der Waals surface area contributed by atoms with Gasteiger partial charge in [0.2, 0.25) is 0 Å². The second kappa shape index (κ2) is 5.82. The molecule has 0 N–H and O–H groups in total. The van der Waals surface area contributed by atoms with E-state index in [9.17, 15) is 9.18 Å². The van der Waals surface area contributed by atoms with Gasteiger partial charge in [-0.1, -0.05) is 6.07 Å². The topological polar surface area (TPSA) is 23.6 Å². The van der Waals surface area contributed by atoms with Crippen LogP contribution in [0.15, 0.2) is 22.7 Å². The van der Waals surface area contributed by atoms with Gasteiger partial charge in [0.25, 0.3) is 5.91 Å². The zero-order valence-corrected chi connectivity index (χ0v) is 12.9. The SMILES string of the molecule is O=C(c1c(F)cccc1Br)N1CCN(CC2CC2)CC1. The maximum absolute atomic E-state index is 13.8. The maximum atomic E-state index is 13.8. The average molecular weight is 341 g/mol. The van der Waals surface area contributed by atoms with Crippen LogP contribution in [0, 0.1) is 11.7 Å². The molecule has 2 aliphatic rings. The molecular weight excluding hydrogens is 323 g/mol. The molecule has 0 unspecified atom stereocenters. The molecule has 3 rings (SSSR count). The number of rotatable bonds is 3. The van der Waals surface area contributed by atoms with Crippen LogP contribution in [-0.4, -0.2) is 48.4 Å². The summed E-state index contributed by atoms with van der Waals surface area (Å²) in [7, 11) is 0. The van der Waals surface area contributed by atoms with Gasteiger partial charge < -0.3 is 4.90 Å².